The number of piperidine rings is 1. The fourth-order valence-corrected chi connectivity index (χ4v) is 3.75. The van der Waals surface area contributed by atoms with Gasteiger partial charge in [0.1, 0.15) is 0 Å². The quantitative estimate of drug-likeness (QED) is 0.848. The number of hydrogen-bond donors (Lipinski definition) is 0. The molecule has 2 unspecified atom stereocenters. The maximum atomic E-state index is 4.47. The highest BCUT2D eigenvalue weighted by Crippen LogP contribution is 2.30. The molecule has 2 aliphatic rings. The summed E-state index contributed by atoms with van der Waals surface area (Å²) in [5.74, 6) is 0.683. The number of rotatable bonds is 3. The summed E-state index contributed by atoms with van der Waals surface area (Å²) in [6.07, 6.45) is 8.42. The van der Waals surface area contributed by atoms with Gasteiger partial charge in [0, 0.05) is 37.9 Å². The van der Waals surface area contributed by atoms with Crippen LogP contribution in [0.25, 0.3) is 0 Å². The molecule has 112 valence electrons. The second-order valence-corrected chi connectivity index (χ2v) is 6.66. The lowest BCUT2D eigenvalue weighted by Crippen LogP contribution is -2.61. The fourth-order valence-electron chi connectivity index (χ4n) is 3.75. The summed E-state index contributed by atoms with van der Waals surface area (Å²) < 4.78 is 2.04. The predicted octanol–water partition coefficient (Wildman–Crippen LogP) is 2.60. The molecular weight excluding hydrogens is 248 g/mol. The van der Waals surface area contributed by atoms with Gasteiger partial charge in [-0.05, 0) is 32.2 Å². The van der Waals surface area contributed by atoms with Crippen LogP contribution < -0.4 is 4.90 Å². The first-order chi connectivity index (χ1) is 9.69. The van der Waals surface area contributed by atoms with Crippen molar-refractivity contribution in [2.45, 2.75) is 58.7 Å². The summed E-state index contributed by atoms with van der Waals surface area (Å²) in [5, 5.41) is 4.47. The maximum absolute atomic E-state index is 4.47. The summed E-state index contributed by atoms with van der Waals surface area (Å²) in [5.41, 5.74) is 1.32. The van der Waals surface area contributed by atoms with Crippen molar-refractivity contribution in [1.82, 2.24) is 14.7 Å². The van der Waals surface area contributed by atoms with E-state index >= 15 is 0 Å². The molecule has 1 aromatic heterocycles. The van der Waals surface area contributed by atoms with Crippen LogP contribution in [-0.4, -0.2) is 46.4 Å². The van der Waals surface area contributed by atoms with Crippen LogP contribution in [0.15, 0.2) is 12.4 Å². The average molecular weight is 276 g/mol. The van der Waals surface area contributed by atoms with E-state index in [4.69, 9.17) is 0 Å². The first-order valence-corrected chi connectivity index (χ1v) is 8.22. The molecule has 1 aromatic rings. The molecule has 20 heavy (non-hydrogen) atoms. The zero-order chi connectivity index (χ0) is 14.1. The Labute approximate surface area is 122 Å². The highest BCUT2D eigenvalue weighted by atomic mass is 15.3. The highest BCUT2D eigenvalue weighted by molar-refractivity contribution is 5.45. The fraction of sp³-hybridized carbons (Fsp3) is 0.812. The normalized spacial score (nSPS) is 27.9. The molecule has 0 N–H and O–H groups in total. The Hall–Kier alpha value is -1.03. The summed E-state index contributed by atoms with van der Waals surface area (Å²) in [6, 6.07) is 1.38. The van der Waals surface area contributed by atoms with Crippen LogP contribution in [0.2, 0.25) is 0 Å². The molecule has 2 aliphatic heterocycles. The molecule has 0 amide bonds. The number of anilines is 1. The van der Waals surface area contributed by atoms with Crippen LogP contribution in [0.3, 0.4) is 0 Å². The van der Waals surface area contributed by atoms with Gasteiger partial charge in [-0.25, -0.2) is 0 Å². The Morgan fingerprint density at radius 3 is 2.85 bits per heavy atom. The van der Waals surface area contributed by atoms with E-state index in [0.29, 0.717) is 12.0 Å². The second kappa shape index (κ2) is 5.76. The van der Waals surface area contributed by atoms with Crippen LogP contribution in [0.4, 0.5) is 5.69 Å². The van der Waals surface area contributed by atoms with Crippen molar-refractivity contribution in [1.29, 1.82) is 0 Å². The first-order valence-electron chi connectivity index (χ1n) is 8.22. The molecule has 4 nitrogen and oxygen atoms in total. The average Bonchev–Trinajstić information content (AvgIpc) is 2.94. The van der Waals surface area contributed by atoms with Gasteiger partial charge in [-0.1, -0.05) is 20.3 Å². The van der Waals surface area contributed by atoms with Crippen molar-refractivity contribution in [2.75, 3.05) is 24.5 Å². The van der Waals surface area contributed by atoms with E-state index in [1.807, 2.05) is 4.68 Å². The van der Waals surface area contributed by atoms with Crippen LogP contribution >= 0.6 is 0 Å². The number of piperazine rings is 1. The largest absolute Gasteiger partial charge is 0.363 e. The van der Waals surface area contributed by atoms with Gasteiger partial charge < -0.3 is 4.90 Å². The highest BCUT2D eigenvalue weighted by Gasteiger charge is 2.36. The van der Waals surface area contributed by atoms with Gasteiger partial charge >= 0.3 is 0 Å². The minimum absolute atomic E-state index is 0.624. The van der Waals surface area contributed by atoms with Gasteiger partial charge in [0.2, 0.25) is 0 Å². The minimum Gasteiger partial charge on any atom is -0.363 e. The summed E-state index contributed by atoms with van der Waals surface area (Å²) in [4.78, 5) is 5.35. The standard InChI is InChI=1S/C16H28N4/c1-4-19-10-15(9-17-19)20-11-14-7-5-6-8-18(14)12-16(20)13(2)3/h9-10,13-14,16H,4-8,11-12H2,1-3H3. The molecule has 2 atom stereocenters. The lowest BCUT2D eigenvalue weighted by molar-refractivity contribution is 0.100. The third kappa shape index (κ3) is 2.58. The zero-order valence-corrected chi connectivity index (χ0v) is 13.1. The topological polar surface area (TPSA) is 24.3 Å². The van der Waals surface area contributed by atoms with Crippen molar-refractivity contribution < 1.29 is 0 Å². The van der Waals surface area contributed by atoms with Crippen molar-refractivity contribution >= 4 is 5.69 Å². The van der Waals surface area contributed by atoms with Gasteiger partial charge in [-0.2, -0.15) is 5.10 Å². The molecule has 2 fully saturated rings. The Bertz CT molecular complexity index is 439. The van der Waals surface area contributed by atoms with Crippen LogP contribution in [0.1, 0.15) is 40.0 Å². The molecular formula is C16H28N4. The van der Waals surface area contributed by atoms with E-state index in [2.05, 4.69) is 48.1 Å². The smallest absolute Gasteiger partial charge is 0.0756 e. The molecule has 2 saturated heterocycles. The Kier molecular flexibility index (Phi) is 4.01. The van der Waals surface area contributed by atoms with Crippen LogP contribution in [0.5, 0.6) is 0 Å². The van der Waals surface area contributed by atoms with Crippen LogP contribution in [0, 0.1) is 5.92 Å². The zero-order valence-electron chi connectivity index (χ0n) is 13.1. The number of hydrogen-bond acceptors (Lipinski definition) is 3. The molecule has 3 rings (SSSR count). The van der Waals surface area contributed by atoms with Crippen molar-refractivity contribution in [2.24, 2.45) is 5.92 Å². The third-order valence-corrected chi connectivity index (χ3v) is 5.02. The van der Waals surface area contributed by atoms with E-state index < -0.39 is 0 Å². The molecule has 0 radical (unpaired) electrons. The van der Waals surface area contributed by atoms with Gasteiger partial charge in [0.15, 0.2) is 0 Å². The Balaban J connectivity index is 1.82. The molecule has 0 saturated carbocycles. The molecule has 0 bridgehead atoms. The Morgan fingerprint density at radius 1 is 1.30 bits per heavy atom. The lowest BCUT2D eigenvalue weighted by atomic mass is 9.92. The molecule has 0 spiro atoms. The molecule has 4 heteroatoms. The summed E-state index contributed by atoms with van der Waals surface area (Å²) >= 11 is 0. The third-order valence-electron chi connectivity index (χ3n) is 5.02. The van der Waals surface area contributed by atoms with Gasteiger partial charge in [0.25, 0.3) is 0 Å². The summed E-state index contributed by atoms with van der Waals surface area (Å²) in [7, 11) is 0. The van der Waals surface area contributed by atoms with Crippen molar-refractivity contribution in [3.63, 3.8) is 0 Å². The number of fused-ring (bicyclic) bond motifs is 1. The van der Waals surface area contributed by atoms with E-state index in [1.54, 1.807) is 0 Å². The Morgan fingerprint density at radius 2 is 2.15 bits per heavy atom. The van der Waals surface area contributed by atoms with Crippen molar-refractivity contribution in [3.8, 4) is 0 Å². The number of nitrogens with zero attached hydrogens (tertiary/aromatic N) is 4. The monoisotopic (exact) mass is 276 g/mol. The second-order valence-electron chi connectivity index (χ2n) is 6.66. The van der Waals surface area contributed by atoms with E-state index in [1.165, 1.54) is 44.6 Å². The number of aryl methyl sites for hydroxylation is 1. The van der Waals surface area contributed by atoms with Gasteiger partial charge in [-0.3, -0.25) is 9.58 Å². The molecule has 0 aromatic carbocycles. The van der Waals surface area contributed by atoms with E-state index in [0.717, 1.165) is 12.6 Å². The van der Waals surface area contributed by atoms with Crippen molar-refractivity contribution in [3.05, 3.63) is 12.4 Å². The summed E-state index contributed by atoms with van der Waals surface area (Å²) in [6.45, 7) is 11.5. The number of aromatic nitrogens is 2. The maximum Gasteiger partial charge on any atom is 0.0756 e. The lowest BCUT2D eigenvalue weighted by Gasteiger charge is -2.50. The van der Waals surface area contributed by atoms with Crippen LogP contribution in [-0.2, 0) is 6.54 Å². The molecule has 0 aliphatic carbocycles. The molecule has 3 heterocycles. The first kappa shape index (κ1) is 13.9. The predicted molar refractivity (Wildman–Crippen MR) is 83.1 cm³/mol. The van der Waals surface area contributed by atoms with Gasteiger partial charge in [-0.15, -0.1) is 0 Å². The van der Waals surface area contributed by atoms with E-state index in [-0.39, 0.29) is 0 Å². The van der Waals surface area contributed by atoms with E-state index in [9.17, 15) is 0 Å². The minimum atomic E-state index is 0.624. The van der Waals surface area contributed by atoms with Gasteiger partial charge in [0.05, 0.1) is 11.9 Å². The SMILES string of the molecule is CCn1cc(N2CC3CCCCN3CC2C(C)C)cn1.